The number of hydroxylamine groups is 1. The van der Waals surface area contributed by atoms with E-state index in [2.05, 4.69) is 36.0 Å². The summed E-state index contributed by atoms with van der Waals surface area (Å²) in [5.41, 5.74) is 13.2. The van der Waals surface area contributed by atoms with Gasteiger partial charge in [0.15, 0.2) is 11.9 Å². The summed E-state index contributed by atoms with van der Waals surface area (Å²) in [7, 11) is -5.33. The van der Waals surface area contributed by atoms with Gasteiger partial charge in [-0.1, -0.05) is 0 Å². The van der Waals surface area contributed by atoms with E-state index in [-0.39, 0.29) is 38.8 Å². The van der Waals surface area contributed by atoms with Crippen molar-refractivity contribution in [1.82, 2.24) is 26.7 Å². The molecular formula is C33H56N7O21P. The predicted molar refractivity (Wildman–Crippen MR) is 203 cm³/mol. The van der Waals surface area contributed by atoms with E-state index < -0.39 is 148 Å². The lowest BCUT2D eigenvalue weighted by Crippen LogP contribution is -2.62. The highest BCUT2D eigenvalue weighted by Gasteiger charge is 2.45. The van der Waals surface area contributed by atoms with E-state index in [1.807, 2.05) is 0 Å². The number of esters is 2. The molecule has 1 rings (SSSR count). The Morgan fingerprint density at radius 2 is 1.23 bits per heavy atom. The van der Waals surface area contributed by atoms with Crippen molar-refractivity contribution in [3.05, 3.63) is 11.5 Å². The first-order valence-corrected chi connectivity index (χ1v) is 20.5. The van der Waals surface area contributed by atoms with E-state index in [0.29, 0.717) is 12.8 Å². The molecule has 1 aliphatic rings. The standard InChI is InChI=1S/C33H56N7O21P/c1-15(43)23(30(50)36-17(7-3-5-11-34)28(48)37-19(13-41)32(52)53)39-31(51)24(16(2)44)38-29(49)18(8-4-6-12-35)40-60-22(46)10-9-21(45)58-20(14-42)26-25(47)27(33(54)59-26)61-62(55,56)57/h15-20,23-24,26,40-44,47H,3-14,34-35H2,1-2H3,(H,36,50)(H,37,48)(H,38,49)(H,39,51)(H,52,53)(H2,55,56,57). The summed E-state index contributed by atoms with van der Waals surface area (Å²) >= 11 is 0. The van der Waals surface area contributed by atoms with Crippen LogP contribution in [0, 0.1) is 0 Å². The third kappa shape index (κ3) is 18.9. The summed E-state index contributed by atoms with van der Waals surface area (Å²) in [6.45, 7) is 0.546. The molecule has 0 bridgehead atoms. The molecule has 0 saturated carbocycles. The number of nitrogens with one attached hydrogen (secondary N) is 5. The number of unbranched alkanes of at least 4 members (excludes halogenated alkanes) is 2. The van der Waals surface area contributed by atoms with Gasteiger partial charge in [0.2, 0.25) is 29.7 Å². The SMILES string of the molecule is CC(O)C(NC(=O)C(CCCCN)NOC(=O)CCC(=O)OC(CO)C1OC(=O)C(OP(=O)(O)O)=C1O)C(=O)NC(C(=O)NC(CCCCN)C(=O)NC(CO)C(=O)O)C(C)O. The molecule has 17 N–H and O–H groups in total. The van der Waals surface area contributed by atoms with Gasteiger partial charge < -0.3 is 82.2 Å². The third-order valence-electron chi connectivity index (χ3n) is 8.55. The summed E-state index contributed by atoms with van der Waals surface area (Å²) < 4.78 is 24.7. The molecule has 9 atom stereocenters. The van der Waals surface area contributed by atoms with Crippen LogP contribution in [0.15, 0.2) is 11.5 Å². The number of hydrogen-bond donors (Lipinski definition) is 15. The van der Waals surface area contributed by atoms with Gasteiger partial charge in [-0.05, 0) is 65.5 Å². The Morgan fingerprint density at radius 3 is 1.71 bits per heavy atom. The molecule has 28 nitrogen and oxygen atoms in total. The van der Waals surface area contributed by atoms with Crippen molar-refractivity contribution >= 4 is 55.3 Å². The first kappa shape index (κ1) is 55.0. The number of amides is 4. The number of carbonyl (C=O) groups excluding carboxylic acids is 7. The molecule has 62 heavy (non-hydrogen) atoms. The Hall–Kier alpha value is -5.03. The minimum atomic E-state index is -5.33. The number of carboxylic acids is 1. The fourth-order valence-corrected chi connectivity index (χ4v) is 5.66. The normalized spacial score (nSPS) is 17.8. The largest absolute Gasteiger partial charge is 0.525 e. The van der Waals surface area contributed by atoms with Crippen LogP contribution in [0.5, 0.6) is 0 Å². The highest BCUT2D eigenvalue weighted by atomic mass is 31.2. The number of aliphatic hydroxyl groups excluding tert-OH is 5. The number of nitrogens with two attached hydrogens (primary N) is 2. The van der Waals surface area contributed by atoms with Crippen LogP contribution in [0.25, 0.3) is 0 Å². The monoisotopic (exact) mass is 917 g/mol. The molecule has 1 aliphatic heterocycles. The molecule has 29 heteroatoms. The maximum Gasteiger partial charge on any atom is 0.525 e. The van der Waals surface area contributed by atoms with Gasteiger partial charge in [0, 0.05) is 0 Å². The lowest BCUT2D eigenvalue weighted by atomic mass is 10.0. The number of carbonyl (C=O) groups is 8. The zero-order chi connectivity index (χ0) is 47.3. The molecule has 0 radical (unpaired) electrons. The summed E-state index contributed by atoms with van der Waals surface area (Å²) in [4.78, 5) is 124. The molecule has 0 spiro atoms. The smallest absolute Gasteiger partial charge is 0.505 e. The van der Waals surface area contributed by atoms with Gasteiger partial charge in [-0.2, -0.15) is 0 Å². The summed E-state index contributed by atoms with van der Waals surface area (Å²) in [5.74, 6) is -12.3. The minimum absolute atomic E-state index is 0.0678. The van der Waals surface area contributed by atoms with E-state index >= 15 is 0 Å². The topological polar surface area (TPSA) is 465 Å². The van der Waals surface area contributed by atoms with Crippen molar-refractivity contribution in [1.29, 1.82) is 0 Å². The van der Waals surface area contributed by atoms with Gasteiger partial charge in [-0.25, -0.2) is 14.2 Å². The van der Waals surface area contributed by atoms with Gasteiger partial charge >= 0.3 is 31.7 Å². The number of aliphatic carboxylic acids is 1. The van der Waals surface area contributed by atoms with E-state index in [9.17, 15) is 73.6 Å². The van der Waals surface area contributed by atoms with Gasteiger partial charge in [-0.3, -0.25) is 38.6 Å². The molecule has 0 saturated heterocycles. The second-order valence-corrected chi connectivity index (χ2v) is 14.8. The lowest BCUT2D eigenvalue weighted by molar-refractivity contribution is -0.167. The molecule has 0 aromatic carbocycles. The number of ether oxygens (including phenoxy) is 2. The van der Waals surface area contributed by atoms with Crippen LogP contribution in [0.2, 0.25) is 0 Å². The number of cyclic esters (lactones) is 1. The Morgan fingerprint density at radius 1 is 0.742 bits per heavy atom. The highest BCUT2D eigenvalue weighted by molar-refractivity contribution is 7.46. The van der Waals surface area contributed by atoms with Crippen LogP contribution < -0.4 is 38.2 Å². The number of aliphatic hydroxyl groups is 5. The molecule has 0 aromatic heterocycles. The predicted octanol–water partition coefficient (Wildman–Crippen LogP) is -6.07. The lowest BCUT2D eigenvalue weighted by Gasteiger charge is -2.28. The van der Waals surface area contributed by atoms with Gasteiger partial charge in [0.1, 0.15) is 30.2 Å². The van der Waals surface area contributed by atoms with Crippen LogP contribution >= 0.6 is 7.82 Å². The fraction of sp³-hybridized carbons (Fsp3) is 0.697. The molecule has 1 heterocycles. The Kier molecular flexibility index (Phi) is 24.1. The number of rotatable bonds is 30. The summed E-state index contributed by atoms with van der Waals surface area (Å²) in [5, 5.41) is 67.9. The van der Waals surface area contributed by atoms with E-state index in [1.165, 1.54) is 0 Å². The van der Waals surface area contributed by atoms with E-state index in [1.54, 1.807) is 0 Å². The van der Waals surface area contributed by atoms with Crippen molar-refractivity contribution in [3.8, 4) is 0 Å². The maximum absolute atomic E-state index is 13.4. The molecule has 0 aliphatic carbocycles. The molecule has 4 amide bonds. The van der Waals surface area contributed by atoms with Gasteiger partial charge in [-0.15, -0.1) is 5.48 Å². The summed E-state index contributed by atoms with van der Waals surface area (Å²) in [6, 6.07) is -8.20. The quantitative estimate of drug-likeness (QED) is 0.0105. The maximum atomic E-state index is 13.4. The molecule has 0 aromatic rings. The number of phosphoric ester groups is 1. The van der Waals surface area contributed by atoms with Gasteiger partial charge in [0.25, 0.3) is 5.76 Å². The van der Waals surface area contributed by atoms with E-state index in [4.69, 9.17) is 30.8 Å². The molecule has 9 unspecified atom stereocenters. The van der Waals surface area contributed by atoms with Crippen LogP contribution in [-0.2, 0) is 61.8 Å². The average molecular weight is 918 g/mol. The van der Waals surface area contributed by atoms with Crippen molar-refractivity contribution < 1.29 is 102 Å². The fourth-order valence-electron chi connectivity index (χ4n) is 5.25. The third-order valence-corrected chi connectivity index (χ3v) is 8.97. The number of carboxylic acid groups (broad SMARTS) is 1. The molecule has 0 fully saturated rings. The Balaban J connectivity index is 3.02. The summed E-state index contributed by atoms with van der Waals surface area (Å²) in [6.07, 6.45) is -7.41. The molecule has 354 valence electrons. The van der Waals surface area contributed by atoms with Gasteiger partial charge in [0.05, 0.1) is 38.3 Å². The molecular weight excluding hydrogens is 861 g/mol. The van der Waals surface area contributed by atoms with Crippen LogP contribution in [-0.4, -0.2) is 169 Å². The van der Waals surface area contributed by atoms with Crippen molar-refractivity contribution in [3.63, 3.8) is 0 Å². The highest BCUT2D eigenvalue weighted by Crippen LogP contribution is 2.42. The van der Waals surface area contributed by atoms with E-state index in [0.717, 1.165) is 13.8 Å². The van der Waals surface area contributed by atoms with Crippen molar-refractivity contribution in [2.75, 3.05) is 26.3 Å². The Labute approximate surface area is 353 Å². The first-order chi connectivity index (χ1) is 29.0. The van der Waals surface area contributed by atoms with Crippen LogP contribution in [0.4, 0.5) is 0 Å². The van der Waals surface area contributed by atoms with Crippen molar-refractivity contribution in [2.45, 2.75) is 120 Å². The minimum Gasteiger partial charge on any atom is -0.505 e. The number of phosphoric acid groups is 1. The second kappa shape index (κ2) is 27.1. The van der Waals surface area contributed by atoms with Crippen LogP contribution in [0.3, 0.4) is 0 Å². The van der Waals surface area contributed by atoms with Crippen LogP contribution in [0.1, 0.15) is 65.2 Å². The average Bonchev–Trinajstić information content (AvgIpc) is 3.46. The zero-order valence-corrected chi connectivity index (χ0v) is 34.6. The zero-order valence-electron chi connectivity index (χ0n) is 33.7. The second-order valence-electron chi connectivity index (χ2n) is 13.6. The van der Waals surface area contributed by atoms with Crippen molar-refractivity contribution in [2.24, 2.45) is 11.5 Å². The number of hydrogen-bond acceptors (Lipinski definition) is 21. The Bertz CT molecular complexity index is 1640. The first-order valence-electron chi connectivity index (χ1n) is 19.0.